The number of halogens is 2. The number of methoxy groups -OCH3 is 1. The molecule has 1 heterocycles. The number of carbonyl (C=O) groups is 2. The predicted octanol–water partition coefficient (Wildman–Crippen LogP) is 1.98. The zero-order valence-corrected chi connectivity index (χ0v) is 12.1. The zero-order valence-electron chi connectivity index (χ0n) is 10.5. The SMILES string of the molecule is COC(=O)C1CCN(C(=O)[C@@]2(C)CC2(Cl)Cl)CC1. The molecular weight excluding hydrogens is 277 g/mol. The second-order valence-corrected chi connectivity index (χ2v) is 6.79. The average Bonchev–Trinajstić information content (AvgIpc) is 2.88. The van der Waals surface area contributed by atoms with Gasteiger partial charge in [-0.15, -0.1) is 23.2 Å². The number of hydrogen-bond donors (Lipinski definition) is 0. The number of amides is 1. The van der Waals surface area contributed by atoms with Gasteiger partial charge < -0.3 is 9.64 Å². The highest BCUT2D eigenvalue weighted by Gasteiger charge is 2.68. The highest BCUT2D eigenvalue weighted by molar-refractivity contribution is 6.53. The van der Waals surface area contributed by atoms with Crippen molar-refractivity contribution in [2.24, 2.45) is 11.3 Å². The Labute approximate surface area is 117 Å². The van der Waals surface area contributed by atoms with E-state index in [9.17, 15) is 9.59 Å². The molecule has 1 aliphatic heterocycles. The Morgan fingerprint density at radius 2 is 1.78 bits per heavy atom. The third-order valence-corrected chi connectivity index (χ3v) is 5.15. The molecule has 2 rings (SSSR count). The summed E-state index contributed by atoms with van der Waals surface area (Å²) in [5.74, 6) is -0.289. The minimum Gasteiger partial charge on any atom is -0.469 e. The molecule has 1 atom stereocenters. The minimum atomic E-state index is -0.927. The lowest BCUT2D eigenvalue weighted by Gasteiger charge is -2.33. The number of carbonyl (C=O) groups excluding carboxylic acids is 2. The first-order valence-electron chi connectivity index (χ1n) is 6.07. The maximum atomic E-state index is 12.3. The van der Waals surface area contributed by atoms with Gasteiger partial charge in [-0.2, -0.15) is 0 Å². The fourth-order valence-corrected chi connectivity index (χ4v) is 3.16. The van der Waals surface area contributed by atoms with Crippen LogP contribution >= 0.6 is 23.2 Å². The van der Waals surface area contributed by atoms with Crippen molar-refractivity contribution < 1.29 is 14.3 Å². The number of ether oxygens (including phenoxy) is 1. The van der Waals surface area contributed by atoms with Gasteiger partial charge in [-0.05, 0) is 26.2 Å². The van der Waals surface area contributed by atoms with Crippen molar-refractivity contribution in [2.75, 3.05) is 20.2 Å². The van der Waals surface area contributed by atoms with Crippen molar-refractivity contribution in [1.29, 1.82) is 0 Å². The van der Waals surface area contributed by atoms with Gasteiger partial charge in [0.2, 0.25) is 5.91 Å². The van der Waals surface area contributed by atoms with E-state index in [-0.39, 0.29) is 17.8 Å². The summed E-state index contributed by atoms with van der Waals surface area (Å²) in [5, 5.41) is 0. The van der Waals surface area contributed by atoms with Gasteiger partial charge in [-0.1, -0.05) is 0 Å². The first kappa shape index (κ1) is 13.9. The molecule has 4 nitrogen and oxygen atoms in total. The van der Waals surface area contributed by atoms with Crippen LogP contribution in [0.2, 0.25) is 0 Å². The first-order chi connectivity index (χ1) is 8.32. The van der Waals surface area contributed by atoms with E-state index < -0.39 is 9.75 Å². The van der Waals surface area contributed by atoms with E-state index in [0.29, 0.717) is 32.4 Å². The molecule has 1 aliphatic carbocycles. The van der Waals surface area contributed by atoms with Crippen molar-refractivity contribution >= 4 is 35.1 Å². The van der Waals surface area contributed by atoms with E-state index in [1.807, 2.05) is 0 Å². The Hall–Kier alpha value is -0.480. The summed E-state index contributed by atoms with van der Waals surface area (Å²) in [6.45, 7) is 2.93. The third kappa shape index (κ3) is 2.21. The lowest BCUT2D eigenvalue weighted by atomic mass is 9.95. The fraction of sp³-hybridized carbons (Fsp3) is 0.833. The summed E-state index contributed by atoms with van der Waals surface area (Å²) >= 11 is 12.0. The largest absolute Gasteiger partial charge is 0.469 e. The lowest BCUT2D eigenvalue weighted by Crippen LogP contribution is -2.44. The van der Waals surface area contributed by atoms with E-state index in [0.717, 1.165) is 0 Å². The topological polar surface area (TPSA) is 46.6 Å². The molecule has 2 aliphatic rings. The Morgan fingerprint density at radius 3 is 2.17 bits per heavy atom. The predicted molar refractivity (Wildman–Crippen MR) is 68.5 cm³/mol. The molecule has 1 amide bonds. The molecule has 1 saturated heterocycles. The summed E-state index contributed by atoms with van der Waals surface area (Å²) in [7, 11) is 1.39. The fourth-order valence-electron chi connectivity index (χ4n) is 2.47. The second-order valence-electron chi connectivity index (χ2n) is 5.30. The molecule has 0 unspecified atom stereocenters. The van der Waals surface area contributed by atoms with Crippen molar-refractivity contribution in [2.45, 2.75) is 30.5 Å². The van der Waals surface area contributed by atoms with Gasteiger partial charge >= 0.3 is 5.97 Å². The third-order valence-electron chi connectivity index (χ3n) is 4.05. The standard InChI is InChI=1S/C12H17Cl2NO3/c1-11(7-12(11,13)14)10(17)15-5-3-8(4-6-15)9(16)18-2/h8H,3-7H2,1-2H3/t11-/m1/s1. The Balaban J connectivity index is 1.91. The van der Waals surface area contributed by atoms with Crippen LogP contribution in [0.1, 0.15) is 26.2 Å². The number of alkyl halides is 2. The highest BCUT2D eigenvalue weighted by atomic mass is 35.5. The van der Waals surface area contributed by atoms with Crippen LogP contribution in [0.25, 0.3) is 0 Å². The number of rotatable bonds is 2. The van der Waals surface area contributed by atoms with Crippen LogP contribution in [-0.2, 0) is 14.3 Å². The summed E-state index contributed by atoms with van der Waals surface area (Å²) in [6, 6.07) is 0. The van der Waals surface area contributed by atoms with Gasteiger partial charge in [-0.3, -0.25) is 9.59 Å². The summed E-state index contributed by atoms with van der Waals surface area (Å²) < 4.78 is 3.79. The first-order valence-corrected chi connectivity index (χ1v) is 6.82. The molecule has 102 valence electrons. The van der Waals surface area contributed by atoms with E-state index in [4.69, 9.17) is 27.9 Å². The van der Waals surface area contributed by atoms with E-state index >= 15 is 0 Å². The molecular formula is C12H17Cl2NO3. The molecule has 0 spiro atoms. The number of likely N-dealkylation sites (tertiary alicyclic amines) is 1. The van der Waals surface area contributed by atoms with Gasteiger partial charge in [-0.25, -0.2) is 0 Å². The van der Waals surface area contributed by atoms with E-state index in [1.54, 1.807) is 11.8 Å². The molecule has 0 aromatic rings. The van der Waals surface area contributed by atoms with Crippen LogP contribution in [0.5, 0.6) is 0 Å². The molecule has 0 aromatic heterocycles. The molecule has 2 fully saturated rings. The smallest absolute Gasteiger partial charge is 0.308 e. The summed E-state index contributed by atoms with van der Waals surface area (Å²) in [5.41, 5.74) is -0.659. The highest BCUT2D eigenvalue weighted by Crippen LogP contribution is 2.64. The molecule has 0 aromatic carbocycles. The minimum absolute atomic E-state index is 0.00387. The monoisotopic (exact) mass is 293 g/mol. The van der Waals surface area contributed by atoms with Crippen LogP contribution in [0.3, 0.4) is 0 Å². The van der Waals surface area contributed by atoms with Crippen LogP contribution in [-0.4, -0.2) is 41.3 Å². The number of piperidine rings is 1. The van der Waals surface area contributed by atoms with E-state index in [2.05, 4.69) is 0 Å². The van der Waals surface area contributed by atoms with Crippen molar-refractivity contribution in [3.8, 4) is 0 Å². The van der Waals surface area contributed by atoms with Crippen LogP contribution in [0.15, 0.2) is 0 Å². The Morgan fingerprint density at radius 1 is 1.28 bits per heavy atom. The molecule has 0 bridgehead atoms. The maximum Gasteiger partial charge on any atom is 0.308 e. The molecule has 0 N–H and O–H groups in total. The maximum absolute atomic E-state index is 12.3. The zero-order chi connectivity index (χ0) is 13.6. The summed E-state index contributed by atoms with van der Waals surface area (Å²) in [4.78, 5) is 25.4. The molecule has 1 saturated carbocycles. The average molecular weight is 294 g/mol. The van der Waals surface area contributed by atoms with Crippen molar-refractivity contribution in [1.82, 2.24) is 4.90 Å². The van der Waals surface area contributed by atoms with Gasteiger partial charge in [0.25, 0.3) is 0 Å². The molecule has 6 heteroatoms. The van der Waals surface area contributed by atoms with Gasteiger partial charge in [0.1, 0.15) is 4.33 Å². The number of esters is 1. The second kappa shape index (κ2) is 4.57. The van der Waals surface area contributed by atoms with Gasteiger partial charge in [0.05, 0.1) is 18.4 Å². The van der Waals surface area contributed by atoms with Gasteiger partial charge in [0.15, 0.2) is 0 Å². The number of hydrogen-bond acceptors (Lipinski definition) is 3. The lowest BCUT2D eigenvalue weighted by molar-refractivity contribution is -0.149. The normalized spacial score (nSPS) is 31.0. The van der Waals surface area contributed by atoms with Crippen LogP contribution in [0.4, 0.5) is 0 Å². The number of nitrogens with zero attached hydrogens (tertiary/aromatic N) is 1. The van der Waals surface area contributed by atoms with Crippen molar-refractivity contribution in [3.05, 3.63) is 0 Å². The molecule has 0 radical (unpaired) electrons. The Kier molecular flexibility index (Phi) is 3.54. The van der Waals surface area contributed by atoms with Crippen LogP contribution in [0, 0.1) is 11.3 Å². The van der Waals surface area contributed by atoms with Crippen LogP contribution < -0.4 is 0 Å². The Bertz CT molecular complexity index is 378. The van der Waals surface area contributed by atoms with Gasteiger partial charge in [0, 0.05) is 13.1 Å². The summed E-state index contributed by atoms with van der Waals surface area (Å²) in [6.07, 6.45) is 1.79. The quantitative estimate of drug-likeness (QED) is 0.578. The molecule has 18 heavy (non-hydrogen) atoms. The van der Waals surface area contributed by atoms with E-state index in [1.165, 1.54) is 7.11 Å². The van der Waals surface area contributed by atoms with Crippen molar-refractivity contribution in [3.63, 3.8) is 0 Å².